The summed E-state index contributed by atoms with van der Waals surface area (Å²) >= 11 is 3.04. The van der Waals surface area contributed by atoms with E-state index >= 15 is 0 Å². The van der Waals surface area contributed by atoms with Crippen LogP contribution < -0.4 is 0 Å². The molecule has 3 heterocycles. The Bertz CT molecular complexity index is 992. The third-order valence-electron chi connectivity index (χ3n) is 3.57. The molecule has 0 bridgehead atoms. The molecular weight excluding hydrogens is 356 g/mol. The highest BCUT2D eigenvalue weighted by Gasteiger charge is 2.14. The molecule has 0 spiro atoms. The van der Waals surface area contributed by atoms with Crippen molar-refractivity contribution < 1.29 is 4.52 Å². The van der Waals surface area contributed by atoms with E-state index < -0.39 is 0 Å². The molecule has 0 amide bonds. The summed E-state index contributed by atoms with van der Waals surface area (Å²) in [6.45, 7) is 4.08. The zero-order chi connectivity index (χ0) is 17.2. The van der Waals surface area contributed by atoms with Gasteiger partial charge in [0.15, 0.2) is 0 Å². The highest BCUT2D eigenvalue weighted by atomic mass is 32.2. The Morgan fingerprint density at radius 3 is 3.00 bits per heavy atom. The summed E-state index contributed by atoms with van der Waals surface area (Å²) in [4.78, 5) is 5.41. The van der Waals surface area contributed by atoms with Crippen LogP contribution in [0.15, 0.2) is 45.4 Å². The van der Waals surface area contributed by atoms with E-state index in [2.05, 4.69) is 43.9 Å². The number of nitrogens with zero attached hydrogens (tertiary/aromatic N) is 6. The quantitative estimate of drug-likeness (QED) is 0.496. The van der Waals surface area contributed by atoms with Gasteiger partial charge in [-0.25, -0.2) is 0 Å². The number of thioether (sulfide) groups is 1. The van der Waals surface area contributed by atoms with Gasteiger partial charge in [-0.3, -0.25) is 0 Å². The molecule has 4 rings (SSSR count). The first kappa shape index (κ1) is 16.0. The van der Waals surface area contributed by atoms with Crippen molar-refractivity contribution in [1.82, 2.24) is 30.3 Å². The van der Waals surface area contributed by atoms with Crippen molar-refractivity contribution in [2.24, 2.45) is 0 Å². The predicted molar refractivity (Wildman–Crippen MR) is 95.8 cm³/mol. The Balaban J connectivity index is 1.53. The zero-order valence-electron chi connectivity index (χ0n) is 13.6. The minimum Gasteiger partial charge on any atom is -0.338 e. The fourth-order valence-corrected chi connectivity index (χ4v) is 3.68. The van der Waals surface area contributed by atoms with Crippen molar-refractivity contribution in [2.45, 2.75) is 24.8 Å². The molecule has 0 aliphatic rings. The Morgan fingerprint density at radius 2 is 2.16 bits per heavy atom. The Labute approximate surface area is 152 Å². The van der Waals surface area contributed by atoms with Crippen LogP contribution >= 0.6 is 23.1 Å². The monoisotopic (exact) mass is 370 g/mol. The SMILES string of the molecule is Cc1ccc(C)c(-n2nnnc2SCc2nc(-c3cccs3)no2)c1. The molecule has 0 N–H and O–H groups in total. The molecule has 1 aromatic carbocycles. The van der Waals surface area contributed by atoms with Crippen LogP contribution in [0.4, 0.5) is 0 Å². The summed E-state index contributed by atoms with van der Waals surface area (Å²) in [6, 6.07) is 10.1. The van der Waals surface area contributed by atoms with Crippen LogP contribution in [0.3, 0.4) is 0 Å². The minimum absolute atomic E-state index is 0.504. The third-order valence-corrected chi connectivity index (χ3v) is 5.34. The van der Waals surface area contributed by atoms with Gasteiger partial charge in [-0.2, -0.15) is 9.67 Å². The molecule has 0 aliphatic heterocycles. The largest absolute Gasteiger partial charge is 0.338 e. The molecule has 0 saturated carbocycles. The molecule has 126 valence electrons. The van der Waals surface area contributed by atoms with Crippen LogP contribution in [-0.2, 0) is 5.75 Å². The summed E-state index contributed by atoms with van der Waals surface area (Å²) in [5.41, 5.74) is 3.24. The van der Waals surface area contributed by atoms with Gasteiger partial charge in [0.25, 0.3) is 0 Å². The number of hydrogen-bond acceptors (Lipinski definition) is 8. The van der Waals surface area contributed by atoms with E-state index in [1.807, 2.05) is 31.4 Å². The second-order valence-electron chi connectivity index (χ2n) is 5.44. The lowest BCUT2D eigenvalue weighted by atomic mass is 10.1. The van der Waals surface area contributed by atoms with E-state index in [1.165, 1.54) is 11.8 Å². The molecule has 7 nitrogen and oxygen atoms in total. The van der Waals surface area contributed by atoms with Crippen molar-refractivity contribution in [3.05, 3.63) is 52.7 Å². The molecule has 0 unspecified atom stereocenters. The first-order valence-electron chi connectivity index (χ1n) is 7.56. The molecule has 0 fully saturated rings. The number of benzene rings is 1. The van der Waals surface area contributed by atoms with E-state index in [0.717, 1.165) is 21.7 Å². The van der Waals surface area contributed by atoms with Crippen LogP contribution in [0.25, 0.3) is 16.4 Å². The Morgan fingerprint density at radius 1 is 1.24 bits per heavy atom. The van der Waals surface area contributed by atoms with Gasteiger partial charge in [0.2, 0.25) is 16.9 Å². The summed E-state index contributed by atoms with van der Waals surface area (Å²) in [6.07, 6.45) is 0. The number of hydrogen-bond donors (Lipinski definition) is 0. The lowest BCUT2D eigenvalue weighted by molar-refractivity contribution is 0.391. The molecule has 0 saturated heterocycles. The van der Waals surface area contributed by atoms with Crippen LogP contribution in [0.2, 0.25) is 0 Å². The maximum absolute atomic E-state index is 5.32. The zero-order valence-corrected chi connectivity index (χ0v) is 15.2. The summed E-state index contributed by atoms with van der Waals surface area (Å²) in [5.74, 6) is 1.66. The molecule has 0 atom stereocenters. The fourth-order valence-electron chi connectivity index (χ4n) is 2.31. The maximum atomic E-state index is 5.32. The van der Waals surface area contributed by atoms with Crippen molar-refractivity contribution in [1.29, 1.82) is 0 Å². The van der Waals surface area contributed by atoms with E-state index in [0.29, 0.717) is 22.6 Å². The number of rotatable bonds is 5. The standard InChI is InChI=1S/C16H14N6OS2/c1-10-5-6-11(2)12(8-10)22-16(18-20-21-22)25-9-14-17-15(19-23-14)13-4-3-7-24-13/h3-8H,9H2,1-2H3. The topological polar surface area (TPSA) is 82.5 Å². The van der Waals surface area contributed by atoms with E-state index in [-0.39, 0.29) is 0 Å². The minimum atomic E-state index is 0.504. The molecule has 0 radical (unpaired) electrons. The van der Waals surface area contributed by atoms with Crippen molar-refractivity contribution in [2.75, 3.05) is 0 Å². The molecule has 3 aromatic heterocycles. The number of thiophene rings is 1. The highest BCUT2D eigenvalue weighted by Crippen LogP contribution is 2.26. The van der Waals surface area contributed by atoms with E-state index in [9.17, 15) is 0 Å². The average Bonchev–Trinajstić information content (AvgIpc) is 3.36. The Hall–Kier alpha value is -2.52. The maximum Gasteiger partial charge on any atom is 0.237 e. The van der Waals surface area contributed by atoms with Gasteiger partial charge >= 0.3 is 0 Å². The predicted octanol–water partition coefficient (Wildman–Crippen LogP) is 3.68. The van der Waals surface area contributed by atoms with Gasteiger partial charge in [0.05, 0.1) is 16.3 Å². The number of tetrazole rings is 1. The molecule has 9 heteroatoms. The normalized spacial score (nSPS) is 11.1. The Kier molecular flexibility index (Phi) is 4.33. The molecule has 0 aliphatic carbocycles. The fraction of sp³-hybridized carbons (Fsp3) is 0.188. The molecule has 25 heavy (non-hydrogen) atoms. The van der Waals surface area contributed by atoms with Gasteiger partial charge in [-0.1, -0.05) is 35.1 Å². The van der Waals surface area contributed by atoms with E-state index in [4.69, 9.17) is 4.52 Å². The molecular formula is C16H14N6OS2. The van der Waals surface area contributed by atoms with Crippen LogP contribution in [0.1, 0.15) is 17.0 Å². The first-order chi connectivity index (χ1) is 12.2. The van der Waals surface area contributed by atoms with Crippen LogP contribution in [-0.4, -0.2) is 30.3 Å². The van der Waals surface area contributed by atoms with Crippen molar-refractivity contribution in [3.63, 3.8) is 0 Å². The van der Waals surface area contributed by atoms with Crippen molar-refractivity contribution in [3.8, 4) is 16.4 Å². The van der Waals surface area contributed by atoms with Crippen LogP contribution in [0, 0.1) is 13.8 Å². The third kappa shape index (κ3) is 3.33. The summed E-state index contributed by atoms with van der Waals surface area (Å²) < 4.78 is 7.06. The van der Waals surface area contributed by atoms with Crippen LogP contribution in [0.5, 0.6) is 0 Å². The lowest BCUT2D eigenvalue weighted by Gasteiger charge is -2.07. The lowest BCUT2D eigenvalue weighted by Crippen LogP contribution is -2.02. The number of aryl methyl sites for hydroxylation is 2. The van der Waals surface area contributed by atoms with Gasteiger partial charge in [-0.15, -0.1) is 16.4 Å². The smallest absolute Gasteiger partial charge is 0.237 e. The van der Waals surface area contributed by atoms with Gasteiger partial charge < -0.3 is 4.52 Å². The molecule has 4 aromatic rings. The van der Waals surface area contributed by atoms with E-state index in [1.54, 1.807) is 16.0 Å². The van der Waals surface area contributed by atoms with Gasteiger partial charge in [0, 0.05) is 0 Å². The highest BCUT2D eigenvalue weighted by molar-refractivity contribution is 7.98. The number of aromatic nitrogens is 6. The second kappa shape index (κ2) is 6.77. The van der Waals surface area contributed by atoms with Gasteiger partial charge in [-0.05, 0) is 52.9 Å². The van der Waals surface area contributed by atoms with Gasteiger partial charge in [0.1, 0.15) is 0 Å². The average molecular weight is 370 g/mol. The summed E-state index contributed by atoms with van der Waals surface area (Å²) in [7, 11) is 0. The first-order valence-corrected chi connectivity index (χ1v) is 9.42. The van der Waals surface area contributed by atoms with Crippen molar-refractivity contribution >= 4 is 23.1 Å². The second-order valence-corrected chi connectivity index (χ2v) is 7.33. The summed E-state index contributed by atoms with van der Waals surface area (Å²) in [5, 5.41) is 18.7.